The summed E-state index contributed by atoms with van der Waals surface area (Å²) in [5.74, 6) is 1.36. The first kappa shape index (κ1) is 39.1. The number of likely N-dealkylation sites (N-methyl/N-ethyl adjacent to an activating group) is 1. The second kappa shape index (κ2) is 14.5. The number of aliphatic carboxylic acids is 1. The number of nitrogens with one attached hydrogen (secondary N) is 2. The molecule has 288 valence electrons. The molecule has 51 heavy (non-hydrogen) atoms. The molecule has 5 saturated carbocycles. The molecule has 13 unspecified atom stereocenters. The molecule has 13 atom stereocenters. The first-order chi connectivity index (χ1) is 24.1. The fourth-order valence-corrected chi connectivity index (χ4v) is 14.0. The van der Waals surface area contributed by atoms with E-state index in [-0.39, 0.29) is 46.5 Å². The summed E-state index contributed by atoms with van der Waals surface area (Å²) >= 11 is 0. The third-order valence-electron chi connectivity index (χ3n) is 16.9. The highest BCUT2D eigenvalue weighted by atomic mass is 19.1. The van der Waals surface area contributed by atoms with Gasteiger partial charge in [0.2, 0.25) is 0 Å². The number of hydrogen-bond donors (Lipinski definition) is 4. The van der Waals surface area contributed by atoms with Gasteiger partial charge < -0.3 is 16.2 Å². The van der Waals surface area contributed by atoms with Gasteiger partial charge in [0.1, 0.15) is 5.78 Å². The molecule has 0 radical (unpaired) electrons. The molecule has 5 N–H and O–H groups in total. The van der Waals surface area contributed by atoms with E-state index in [0.29, 0.717) is 92.3 Å². The van der Waals surface area contributed by atoms with Crippen LogP contribution in [0.4, 0.5) is 4.39 Å². The normalized spacial score (nSPS) is 43.1. The van der Waals surface area contributed by atoms with Gasteiger partial charge in [-0.15, -0.1) is 0 Å². The number of Topliss-reactive ketones (excluding diaryl/α,β-unsaturated/α-hetero) is 2. The Balaban J connectivity index is 1.16. The molecule has 0 saturated heterocycles. The summed E-state index contributed by atoms with van der Waals surface area (Å²) in [4.78, 5) is 38.8. The van der Waals surface area contributed by atoms with Crippen molar-refractivity contribution in [2.24, 2.45) is 81.2 Å². The zero-order valence-corrected chi connectivity index (χ0v) is 32.9. The van der Waals surface area contributed by atoms with Crippen LogP contribution in [0.15, 0.2) is 11.1 Å². The molecule has 5 fully saturated rings. The Morgan fingerprint density at radius 2 is 1.69 bits per heavy atom. The van der Waals surface area contributed by atoms with E-state index in [1.807, 2.05) is 6.92 Å². The van der Waals surface area contributed by atoms with Crippen LogP contribution in [0.5, 0.6) is 0 Å². The molecule has 0 aromatic carbocycles. The van der Waals surface area contributed by atoms with Crippen LogP contribution in [-0.2, 0) is 14.4 Å². The Morgan fingerprint density at radius 3 is 2.33 bits per heavy atom. The fourth-order valence-electron chi connectivity index (χ4n) is 14.0. The minimum absolute atomic E-state index is 0.0452. The average Bonchev–Trinajstić information content (AvgIpc) is 3.38. The highest BCUT2D eigenvalue weighted by molar-refractivity contribution is 6.00. The molecule has 0 spiro atoms. The molecular formula is C43H70FN3O4. The fraction of sp³-hybridized carbons (Fsp3) is 0.884. The van der Waals surface area contributed by atoms with Crippen LogP contribution in [0.3, 0.4) is 0 Å². The van der Waals surface area contributed by atoms with E-state index in [1.165, 1.54) is 37.7 Å². The van der Waals surface area contributed by atoms with Crippen molar-refractivity contribution >= 4 is 17.5 Å². The van der Waals surface area contributed by atoms with E-state index in [9.17, 15) is 19.5 Å². The molecule has 6 rings (SSSR count). The highest BCUT2D eigenvalue weighted by Crippen LogP contribution is 2.72. The lowest BCUT2D eigenvalue weighted by Crippen LogP contribution is -2.60. The maximum absolute atomic E-state index is 15.4. The second-order valence-electron chi connectivity index (χ2n) is 19.4. The van der Waals surface area contributed by atoms with E-state index in [0.717, 1.165) is 31.3 Å². The summed E-state index contributed by atoms with van der Waals surface area (Å²) in [7, 11) is 1.68. The Labute approximate surface area is 307 Å². The number of carboxylic acid groups (broad SMARTS) is 1. The standard InChI is InChI=1S/C43H70FN3O4/c1-25(2)37-35(49)23-42(18-20-47-24-43(44,46-7)14-8-19-45)17-13-33-29(38(37)42)9-10-36-40(5)15-11-28(26(3)32(40)12-16-41(33,36)6)21-34(48)30-22-31(27(30)4)39(50)51/h25-33,36,46-47H,8-24,45H2,1-7H3,(H,50,51). The SMILES string of the molecule is CNC(F)(CCCN)CNCCC12CCC3C(CCC4C3(C)CCC3C(C)C(CC(=O)C5CC(C(=O)O)C5C)CCC34C)C1=C(C(C)C)C(=O)C2. The van der Waals surface area contributed by atoms with Crippen molar-refractivity contribution in [1.29, 1.82) is 0 Å². The molecule has 0 heterocycles. The van der Waals surface area contributed by atoms with Crippen LogP contribution in [0.25, 0.3) is 0 Å². The Kier molecular flexibility index (Phi) is 11.1. The molecule has 0 aromatic rings. The van der Waals surface area contributed by atoms with Gasteiger partial charge in [-0.3, -0.25) is 19.7 Å². The molecule has 6 aliphatic rings. The van der Waals surface area contributed by atoms with Gasteiger partial charge in [-0.2, -0.15) is 0 Å². The maximum atomic E-state index is 15.4. The number of carbonyl (C=O) groups excluding carboxylic acids is 2. The summed E-state index contributed by atoms with van der Waals surface area (Å²) in [6.45, 7) is 15.4. The van der Waals surface area contributed by atoms with Crippen molar-refractivity contribution in [3.63, 3.8) is 0 Å². The summed E-state index contributed by atoms with van der Waals surface area (Å²) < 4.78 is 15.4. The van der Waals surface area contributed by atoms with Crippen LogP contribution in [0.1, 0.15) is 131 Å². The lowest BCUT2D eigenvalue weighted by atomic mass is 9.37. The minimum atomic E-state index is -1.48. The van der Waals surface area contributed by atoms with Crippen LogP contribution < -0.4 is 16.4 Å². The highest BCUT2D eigenvalue weighted by Gasteiger charge is 2.64. The first-order valence-electron chi connectivity index (χ1n) is 20.9. The smallest absolute Gasteiger partial charge is 0.306 e. The van der Waals surface area contributed by atoms with Crippen molar-refractivity contribution < 1.29 is 23.9 Å². The number of fused-ring (bicyclic) bond motifs is 7. The lowest BCUT2D eigenvalue weighted by molar-refractivity contribution is -0.172. The van der Waals surface area contributed by atoms with Crippen molar-refractivity contribution in [2.45, 2.75) is 137 Å². The van der Waals surface area contributed by atoms with Crippen LogP contribution in [0.2, 0.25) is 0 Å². The number of allylic oxidation sites excluding steroid dienone is 2. The van der Waals surface area contributed by atoms with Gasteiger partial charge >= 0.3 is 5.97 Å². The summed E-state index contributed by atoms with van der Waals surface area (Å²) in [6.07, 6.45) is 13.0. The van der Waals surface area contributed by atoms with Crippen molar-refractivity contribution in [3.8, 4) is 0 Å². The molecule has 0 amide bonds. The van der Waals surface area contributed by atoms with Gasteiger partial charge in [0, 0.05) is 30.7 Å². The van der Waals surface area contributed by atoms with Gasteiger partial charge in [-0.05, 0) is 161 Å². The maximum Gasteiger partial charge on any atom is 0.306 e. The van der Waals surface area contributed by atoms with Crippen LogP contribution in [0, 0.1) is 75.4 Å². The minimum Gasteiger partial charge on any atom is -0.481 e. The van der Waals surface area contributed by atoms with Crippen molar-refractivity contribution in [3.05, 3.63) is 11.1 Å². The van der Waals surface area contributed by atoms with Crippen molar-refractivity contribution in [1.82, 2.24) is 10.6 Å². The van der Waals surface area contributed by atoms with Crippen LogP contribution >= 0.6 is 0 Å². The monoisotopic (exact) mass is 712 g/mol. The summed E-state index contributed by atoms with van der Waals surface area (Å²) in [6, 6.07) is 0. The average molecular weight is 712 g/mol. The number of rotatable bonds is 14. The van der Waals surface area contributed by atoms with Gasteiger partial charge in [-0.1, -0.05) is 47.1 Å². The van der Waals surface area contributed by atoms with Crippen LogP contribution in [-0.4, -0.2) is 55.1 Å². The lowest BCUT2D eigenvalue weighted by Gasteiger charge is -2.67. The third kappa shape index (κ3) is 6.61. The molecule has 0 aromatic heterocycles. The van der Waals surface area contributed by atoms with E-state index in [4.69, 9.17) is 5.73 Å². The van der Waals surface area contributed by atoms with E-state index in [1.54, 1.807) is 7.05 Å². The predicted molar refractivity (Wildman–Crippen MR) is 200 cm³/mol. The Bertz CT molecular complexity index is 1380. The molecule has 7 nitrogen and oxygen atoms in total. The molecule has 0 aliphatic heterocycles. The number of carbonyl (C=O) groups is 3. The first-order valence-corrected chi connectivity index (χ1v) is 20.9. The third-order valence-corrected chi connectivity index (χ3v) is 16.9. The van der Waals surface area contributed by atoms with Gasteiger partial charge in [0.25, 0.3) is 0 Å². The number of nitrogens with two attached hydrogens (primary N) is 1. The predicted octanol–water partition coefficient (Wildman–Crippen LogP) is 7.72. The summed E-state index contributed by atoms with van der Waals surface area (Å²) in [5.41, 5.74) is 8.68. The zero-order chi connectivity index (χ0) is 37.1. The number of ketones is 2. The van der Waals surface area contributed by atoms with E-state index in [2.05, 4.69) is 45.3 Å². The van der Waals surface area contributed by atoms with Gasteiger partial charge in [-0.25, -0.2) is 4.39 Å². The van der Waals surface area contributed by atoms with E-state index >= 15 is 4.39 Å². The largest absolute Gasteiger partial charge is 0.481 e. The van der Waals surface area contributed by atoms with E-state index < -0.39 is 11.8 Å². The molecule has 6 aliphatic carbocycles. The number of halogens is 1. The zero-order valence-electron chi connectivity index (χ0n) is 32.9. The molecule has 0 bridgehead atoms. The molecular weight excluding hydrogens is 641 g/mol. The van der Waals surface area contributed by atoms with Gasteiger partial charge in [0.05, 0.1) is 5.92 Å². The number of alkyl halides is 1. The molecule has 8 heteroatoms. The number of carboxylic acids is 1. The topological polar surface area (TPSA) is 122 Å². The Morgan fingerprint density at radius 1 is 1.00 bits per heavy atom. The Hall–Kier alpha value is -1.64. The van der Waals surface area contributed by atoms with Gasteiger partial charge in [0.15, 0.2) is 11.6 Å². The quantitative estimate of drug-likeness (QED) is 0.108. The summed E-state index contributed by atoms with van der Waals surface area (Å²) in [5, 5.41) is 15.8. The second-order valence-corrected chi connectivity index (χ2v) is 19.4. The number of hydrogen-bond acceptors (Lipinski definition) is 6. The van der Waals surface area contributed by atoms with Crippen molar-refractivity contribution in [2.75, 3.05) is 26.7 Å².